The summed E-state index contributed by atoms with van der Waals surface area (Å²) in [7, 11) is 1.59. The van der Waals surface area contributed by atoms with Crippen LogP contribution in [0.1, 0.15) is 26.7 Å². The van der Waals surface area contributed by atoms with Crippen LogP contribution in [-0.4, -0.2) is 42.9 Å². The lowest BCUT2D eigenvalue weighted by Gasteiger charge is -2.19. The van der Waals surface area contributed by atoms with E-state index in [1.807, 2.05) is 13.8 Å². The normalized spacial score (nSPS) is 12.0. The largest absolute Gasteiger partial charge is 0.355 e. The molecule has 0 aliphatic heterocycles. The Morgan fingerprint density at radius 1 is 1.40 bits per heavy atom. The number of hydrogen-bond acceptors (Lipinski definition) is 3. The van der Waals surface area contributed by atoms with Gasteiger partial charge in [0.25, 0.3) is 0 Å². The standard InChI is InChI=1S/C10H21N3O2/c1-4-6-12-9(14)7-13(3)10(15)8(11)5-2/h8H,4-7,11H2,1-3H3,(H,12,14)/t8-/m1/s1. The summed E-state index contributed by atoms with van der Waals surface area (Å²) in [6.07, 6.45) is 1.47. The van der Waals surface area contributed by atoms with Crippen molar-refractivity contribution in [3.8, 4) is 0 Å². The van der Waals surface area contributed by atoms with Crippen molar-refractivity contribution in [3.63, 3.8) is 0 Å². The fourth-order valence-electron chi connectivity index (χ4n) is 1.07. The summed E-state index contributed by atoms with van der Waals surface area (Å²) in [6, 6.07) is -0.506. The number of rotatable bonds is 6. The topological polar surface area (TPSA) is 75.4 Å². The molecule has 0 fully saturated rings. The molecule has 0 radical (unpaired) electrons. The van der Waals surface area contributed by atoms with Gasteiger partial charge in [0.1, 0.15) is 0 Å². The maximum atomic E-state index is 11.5. The number of likely N-dealkylation sites (N-methyl/N-ethyl adjacent to an activating group) is 1. The number of nitrogens with two attached hydrogens (primary N) is 1. The van der Waals surface area contributed by atoms with E-state index >= 15 is 0 Å². The molecule has 0 saturated carbocycles. The lowest BCUT2D eigenvalue weighted by atomic mass is 10.2. The molecule has 0 unspecified atom stereocenters. The minimum absolute atomic E-state index is 0.0759. The van der Waals surface area contributed by atoms with E-state index in [-0.39, 0.29) is 18.4 Å². The number of amides is 2. The van der Waals surface area contributed by atoms with Crippen molar-refractivity contribution in [2.75, 3.05) is 20.1 Å². The summed E-state index contributed by atoms with van der Waals surface area (Å²) in [6.45, 7) is 4.53. The lowest BCUT2D eigenvalue weighted by molar-refractivity contribution is -0.135. The fraction of sp³-hybridized carbons (Fsp3) is 0.800. The van der Waals surface area contributed by atoms with Gasteiger partial charge in [-0.15, -0.1) is 0 Å². The van der Waals surface area contributed by atoms with Gasteiger partial charge < -0.3 is 16.0 Å². The first-order valence-corrected chi connectivity index (χ1v) is 5.30. The Bertz CT molecular complexity index is 219. The van der Waals surface area contributed by atoms with Crippen molar-refractivity contribution >= 4 is 11.8 Å². The zero-order valence-electron chi connectivity index (χ0n) is 9.75. The van der Waals surface area contributed by atoms with Gasteiger partial charge >= 0.3 is 0 Å². The number of nitrogens with one attached hydrogen (secondary N) is 1. The maximum absolute atomic E-state index is 11.5. The van der Waals surface area contributed by atoms with Crippen LogP contribution < -0.4 is 11.1 Å². The number of nitrogens with zero attached hydrogens (tertiary/aromatic N) is 1. The average molecular weight is 215 g/mol. The van der Waals surface area contributed by atoms with Crippen molar-refractivity contribution in [1.82, 2.24) is 10.2 Å². The van der Waals surface area contributed by atoms with E-state index in [0.29, 0.717) is 13.0 Å². The Morgan fingerprint density at radius 2 is 2.00 bits per heavy atom. The van der Waals surface area contributed by atoms with Crippen LogP contribution in [0.4, 0.5) is 0 Å². The molecule has 0 aliphatic rings. The summed E-state index contributed by atoms with van der Waals surface area (Å²) in [5.41, 5.74) is 5.57. The van der Waals surface area contributed by atoms with E-state index in [0.717, 1.165) is 6.42 Å². The Labute approximate surface area is 91.0 Å². The van der Waals surface area contributed by atoms with Gasteiger partial charge in [0, 0.05) is 13.6 Å². The van der Waals surface area contributed by atoms with Crippen LogP contribution in [0.5, 0.6) is 0 Å². The van der Waals surface area contributed by atoms with Crippen molar-refractivity contribution in [1.29, 1.82) is 0 Å². The zero-order chi connectivity index (χ0) is 11.8. The van der Waals surface area contributed by atoms with Crippen LogP contribution >= 0.6 is 0 Å². The molecule has 0 bridgehead atoms. The van der Waals surface area contributed by atoms with E-state index in [1.54, 1.807) is 7.05 Å². The van der Waals surface area contributed by atoms with Crippen molar-refractivity contribution < 1.29 is 9.59 Å². The van der Waals surface area contributed by atoms with Crippen LogP contribution in [0.2, 0.25) is 0 Å². The summed E-state index contributed by atoms with van der Waals surface area (Å²) < 4.78 is 0. The lowest BCUT2D eigenvalue weighted by Crippen LogP contribution is -2.45. The summed E-state index contributed by atoms with van der Waals surface area (Å²) in [4.78, 5) is 24.1. The van der Waals surface area contributed by atoms with E-state index in [2.05, 4.69) is 5.32 Å². The highest BCUT2D eigenvalue weighted by molar-refractivity contribution is 5.87. The van der Waals surface area contributed by atoms with Crippen LogP contribution in [0.15, 0.2) is 0 Å². The molecule has 2 amide bonds. The van der Waals surface area contributed by atoms with Crippen LogP contribution in [-0.2, 0) is 9.59 Å². The summed E-state index contributed by atoms with van der Waals surface area (Å²) in [5, 5.41) is 2.70. The van der Waals surface area contributed by atoms with Gasteiger partial charge in [-0.25, -0.2) is 0 Å². The third kappa shape index (κ3) is 5.37. The Balaban J connectivity index is 3.96. The fourth-order valence-corrected chi connectivity index (χ4v) is 1.07. The molecule has 0 aromatic carbocycles. The Hall–Kier alpha value is -1.10. The molecular weight excluding hydrogens is 194 g/mol. The van der Waals surface area contributed by atoms with Crippen molar-refractivity contribution in [3.05, 3.63) is 0 Å². The maximum Gasteiger partial charge on any atom is 0.239 e. The molecular formula is C10H21N3O2. The molecule has 1 atom stereocenters. The van der Waals surface area contributed by atoms with E-state index in [1.165, 1.54) is 4.90 Å². The SMILES string of the molecule is CCCNC(=O)CN(C)C(=O)[C@H](N)CC. The van der Waals surface area contributed by atoms with Crippen LogP contribution in [0, 0.1) is 0 Å². The Morgan fingerprint density at radius 3 is 2.47 bits per heavy atom. The first-order chi connectivity index (χ1) is 7.02. The molecule has 5 heteroatoms. The quantitative estimate of drug-likeness (QED) is 0.639. The average Bonchev–Trinajstić information content (AvgIpc) is 2.23. The molecule has 0 spiro atoms. The second-order valence-corrected chi connectivity index (χ2v) is 3.56. The molecule has 3 N–H and O–H groups in total. The number of carbonyl (C=O) groups excluding carboxylic acids is 2. The first kappa shape index (κ1) is 13.9. The van der Waals surface area contributed by atoms with Gasteiger partial charge in [0.15, 0.2) is 0 Å². The Kier molecular flexibility index (Phi) is 6.70. The highest BCUT2D eigenvalue weighted by Crippen LogP contribution is 1.93. The van der Waals surface area contributed by atoms with Gasteiger partial charge in [-0.3, -0.25) is 9.59 Å². The van der Waals surface area contributed by atoms with E-state index < -0.39 is 6.04 Å². The van der Waals surface area contributed by atoms with E-state index in [4.69, 9.17) is 5.73 Å². The smallest absolute Gasteiger partial charge is 0.239 e. The minimum Gasteiger partial charge on any atom is -0.355 e. The van der Waals surface area contributed by atoms with Crippen LogP contribution in [0.25, 0.3) is 0 Å². The predicted molar refractivity (Wildman–Crippen MR) is 59.2 cm³/mol. The molecule has 0 heterocycles. The zero-order valence-corrected chi connectivity index (χ0v) is 9.75. The van der Waals surface area contributed by atoms with Gasteiger partial charge in [-0.2, -0.15) is 0 Å². The molecule has 0 aliphatic carbocycles. The number of hydrogen-bond donors (Lipinski definition) is 2. The highest BCUT2D eigenvalue weighted by atomic mass is 16.2. The second kappa shape index (κ2) is 7.23. The second-order valence-electron chi connectivity index (χ2n) is 3.56. The summed E-state index contributed by atoms with van der Waals surface area (Å²) in [5.74, 6) is -0.333. The molecule has 88 valence electrons. The summed E-state index contributed by atoms with van der Waals surface area (Å²) >= 11 is 0. The first-order valence-electron chi connectivity index (χ1n) is 5.30. The van der Waals surface area contributed by atoms with Crippen molar-refractivity contribution in [2.45, 2.75) is 32.7 Å². The highest BCUT2D eigenvalue weighted by Gasteiger charge is 2.17. The van der Waals surface area contributed by atoms with Gasteiger partial charge in [-0.1, -0.05) is 13.8 Å². The molecule has 0 rings (SSSR count). The molecule has 5 nitrogen and oxygen atoms in total. The number of carbonyl (C=O) groups is 2. The third-order valence-electron chi connectivity index (χ3n) is 2.09. The van der Waals surface area contributed by atoms with E-state index in [9.17, 15) is 9.59 Å². The van der Waals surface area contributed by atoms with Gasteiger partial charge in [-0.05, 0) is 12.8 Å². The minimum atomic E-state index is -0.506. The van der Waals surface area contributed by atoms with Crippen molar-refractivity contribution in [2.24, 2.45) is 5.73 Å². The van der Waals surface area contributed by atoms with Crippen LogP contribution in [0.3, 0.4) is 0 Å². The van der Waals surface area contributed by atoms with Gasteiger partial charge in [0.05, 0.1) is 12.6 Å². The third-order valence-corrected chi connectivity index (χ3v) is 2.09. The molecule has 15 heavy (non-hydrogen) atoms. The molecule has 0 saturated heterocycles. The molecule has 0 aromatic rings. The van der Waals surface area contributed by atoms with Gasteiger partial charge in [0.2, 0.25) is 11.8 Å². The predicted octanol–water partition coefficient (Wildman–Crippen LogP) is -0.292. The molecule has 0 aromatic heterocycles. The monoisotopic (exact) mass is 215 g/mol.